The lowest BCUT2D eigenvalue weighted by Crippen LogP contribution is -2.31. The van der Waals surface area contributed by atoms with Crippen molar-refractivity contribution in [2.75, 3.05) is 6.61 Å². The molecule has 2 heterocycles. The molecular formula is C9H11N5O4. The summed E-state index contributed by atoms with van der Waals surface area (Å²) in [5.74, 6) is 0. The Hall–Kier alpha value is -2.09. The number of hydrogen-bond donors (Lipinski definition) is 2. The average Bonchev–Trinajstić information content (AvgIpc) is 2.72. The molecule has 9 heteroatoms. The molecule has 0 spiro atoms. The van der Waals surface area contributed by atoms with Crippen LogP contribution in [0.3, 0.4) is 0 Å². The average molecular weight is 253 g/mol. The van der Waals surface area contributed by atoms with Crippen LogP contribution in [0, 0.1) is 0 Å². The molecule has 1 aliphatic rings. The van der Waals surface area contributed by atoms with E-state index in [0.717, 1.165) is 0 Å². The van der Waals surface area contributed by atoms with E-state index >= 15 is 0 Å². The van der Waals surface area contributed by atoms with Gasteiger partial charge in [0.15, 0.2) is 0 Å². The fourth-order valence-electron chi connectivity index (χ4n) is 1.89. The van der Waals surface area contributed by atoms with Crippen LogP contribution >= 0.6 is 0 Å². The van der Waals surface area contributed by atoms with Crippen molar-refractivity contribution in [1.29, 1.82) is 0 Å². The SMILES string of the molecule is [N-]=[N+]=N[C@@H]1C[C@H](n2ccc(=O)[nH]c2=O)O[C@@H]1CO. The Morgan fingerprint density at radius 3 is 3.06 bits per heavy atom. The zero-order valence-electron chi connectivity index (χ0n) is 9.26. The standard InChI is InChI=1S/C9H11N5O4/c10-13-12-5-3-8(18-6(5)4-15)14-2-1-7(16)11-9(14)17/h1-2,5-6,8,15H,3-4H2,(H,11,16,17)/t5-,6-,8-/m1/s1. The van der Waals surface area contributed by atoms with Crippen molar-refractivity contribution in [1.82, 2.24) is 9.55 Å². The van der Waals surface area contributed by atoms with Gasteiger partial charge in [-0.15, -0.1) is 0 Å². The van der Waals surface area contributed by atoms with Crippen LogP contribution in [0.4, 0.5) is 0 Å². The molecule has 1 saturated heterocycles. The maximum absolute atomic E-state index is 11.5. The van der Waals surface area contributed by atoms with Crippen LogP contribution in [0.5, 0.6) is 0 Å². The molecule has 0 unspecified atom stereocenters. The summed E-state index contributed by atoms with van der Waals surface area (Å²) >= 11 is 0. The van der Waals surface area contributed by atoms with E-state index in [0.29, 0.717) is 0 Å². The van der Waals surface area contributed by atoms with Crippen molar-refractivity contribution in [2.24, 2.45) is 5.11 Å². The lowest BCUT2D eigenvalue weighted by molar-refractivity contribution is -0.0270. The van der Waals surface area contributed by atoms with Crippen molar-refractivity contribution in [2.45, 2.75) is 24.8 Å². The summed E-state index contributed by atoms with van der Waals surface area (Å²) in [7, 11) is 0. The summed E-state index contributed by atoms with van der Waals surface area (Å²) < 4.78 is 6.60. The van der Waals surface area contributed by atoms with Crippen LogP contribution in [0.1, 0.15) is 12.6 Å². The number of rotatable bonds is 3. The van der Waals surface area contributed by atoms with Crippen LogP contribution in [0.2, 0.25) is 0 Å². The number of aromatic nitrogens is 2. The van der Waals surface area contributed by atoms with E-state index in [1.165, 1.54) is 16.8 Å². The van der Waals surface area contributed by atoms with Crippen LogP contribution in [-0.4, -0.2) is 33.4 Å². The van der Waals surface area contributed by atoms with Crippen LogP contribution in [0.15, 0.2) is 27.0 Å². The highest BCUT2D eigenvalue weighted by Crippen LogP contribution is 2.29. The van der Waals surface area contributed by atoms with Gasteiger partial charge in [0.1, 0.15) is 6.23 Å². The third-order valence-corrected chi connectivity index (χ3v) is 2.75. The molecule has 0 saturated carbocycles. The molecule has 2 N–H and O–H groups in total. The van der Waals surface area contributed by atoms with Crippen LogP contribution in [-0.2, 0) is 4.74 Å². The highest BCUT2D eigenvalue weighted by Gasteiger charge is 2.35. The number of H-pyrrole nitrogens is 1. The summed E-state index contributed by atoms with van der Waals surface area (Å²) in [6.45, 7) is -0.307. The van der Waals surface area contributed by atoms with Gasteiger partial charge in [0, 0.05) is 23.6 Å². The van der Waals surface area contributed by atoms with E-state index in [2.05, 4.69) is 15.0 Å². The summed E-state index contributed by atoms with van der Waals surface area (Å²) in [4.78, 5) is 27.2. The number of hydrogen-bond acceptors (Lipinski definition) is 5. The van der Waals surface area contributed by atoms with Crippen molar-refractivity contribution >= 4 is 0 Å². The number of nitrogens with one attached hydrogen (secondary N) is 1. The lowest BCUT2D eigenvalue weighted by atomic mass is 10.1. The molecule has 0 aromatic carbocycles. The monoisotopic (exact) mass is 253 g/mol. The molecular weight excluding hydrogens is 242 g/mol. The summed E-state index contributed by atoms with van der Waals surface area (Å²) in [6, 6.07) is 0.656. The molecule has 2 rings (SSSR count). The molecule has 1 aliphatic heterocycles. The topological polar surface area (TPSA) is 133 Å². The van der Waals surface area contributed by atoms with Gasteiger partial charge in [0.25, 0.3) is 5.56 Å². The van der Waals surface area contributed by atoms with Gasteiger partial charge >= 0.3 is 5.69 Å². The van der Waals surface area contributed by atoms with Crippen molar-refractivity contribution < 1.29 is 9.84 Å². The van der Waals surface area contributed by atoms with E-state index in [1.54, 1.807) is 0 Å². The Morgan fingerprint density at radius 1 is 1.67 bits per heavy atom. The zero-order valence-corrected chi connectivity index (χ0v) is 9.26. The zero-order chi connectivity index (χ0) is 13.1. The molecule has 1 aromatic heterocycles. The Kier molecular flexibility index (Phi) is 3.47. The molecule has 0 bridgehead atoms. The van der Waals surface area contributed by atoms with Crippen molar-refractivity contribution in [3.63, 3.8) is 0 Å². The maximum atomic E-state index is 11.5. The summed E-state index contributed by atoms with van der Waals surface area (Å²) in [6.07, 6.45) is 0.256. The predicted molar refractivity (Wildman–Crippen MR) is 59.9 cm³/mol. The second kappa shape index (κ2) is 5.05. The number of aromatic amines is 1. The summed E-state index contributed by atoms with van der Waals surface area (Å²) in [5.41, 5.74) is 7.29. The molecule has 1 aromatic rings. The van der Waals surface area contributed by atoms with E-state index in [4.69, 9.17) is 15.4 Å². The lowest BCUT2D eigenvalue weighted by Gasteiger charge is -2.13. The fourth-order valence-corrected chi connectivity index (χ4v) is 1.89. The van der Waals surface area contributed by atoms with Crippen molar-refractivity contribution in [3.05, 3.63) is 43.5 Å². The first kappa shape index (κ1) is 12.4. The molecule has 0 radical (unpaired) electrons. The Morgan fingerprint density at radius 2 is 2.44 bits per heavy atom. The van der Waals surface area contributed by atoms with E-state index in [-0.39, 0.29) is 13.0 Å². The Labute approximate surface area is 100 Å². The highest BCUT2D eigenvalue weighted by molar-refractivity contribution is 4.90. The number of nitrogens with zero attached hydrogens (tertiary/aromatic N) is 4. The second-order valence-electron chi connectivity index (χ2n) is 3.84. The third-order valence-electron chi connectivity index (χ3n) is 2.75. The molecule has 1 fully saturated rings. The number of aliphatic hydroxyl groups excluding tert-OH is 1. The second-order valence-corrected chi connectivity index (χ2v) is 3.84. The number of ether oxygens (including phenoxy) is 1. The van der Waals surface area contributed by atoms with Gasteiger partial charge in [-0.05, 0) is 5.53 Å². The minimum atomic E-state index is -0.665. The van der Waals surface area contributed by atoms with Gasteiger partial charge in [-0.1, -0.05) is 5.11 Å². The van der Waals surface area contributed by atoms with Gasteiger partial charge in [-0.25, -0.2) is 4.79 Å². The summed E-state index contributed by atoms with van der Waals surface area (Å²) in [5, 5.41) is 12.6. The normalized spacial score (nSPS) is 26.8. The molecule has 96 valence electrons. The molecule has 9 nitrogen and oxygen atoms in total. The van der Waals surface area contributed by atoms with Gasteiger partial charge in [0.2, 0.25) is 0 Å². The number of azide groups is 1. The maximum Gasteiger partial charge on any atom is 0.330 e. The number of aliphatic hydroxyl groups is 1. The van der Waals surface area contributed by atoms with Gasteiger partial charge in [0.05, 0.1) is 18.8 Å². The van der Waals surface area contributed by atoms with Gasteiger partial charge in [-0.2, -0.15) is 0 Å². The van der Waals surface area contributed by atoms with Crippen LogP contribution in [0.25, 0.3) is 10.4 Å². The third kappa shape index (κ3) is 2.28. The first-order chi connectivity index (χ1) is 8.65. The Bertz CT molecular complexity index is 587. The van der Waals surface area contributed by atoms with E-state index in [9.17, 15) is 9.59 Å². The molecule has 3 atom stereocenters. The first-order valence-electron chi connectivity index (χ1n) is 5.27. The minimum Gasteiger partial charge on any atom is -0.394 e. The van der Waals surface area contributed by atoms with E-state index in [1.807, 2.05) is 0 Å². The molecule has 0 amide bonds. The largest absolute Gasteiger partial charge is 0.394 e. The van der Waals surface area contributed by atoms with Gasteiger partial charge in [-0.3, -0.25) is 14.3 Å². The highest BCUT2D eigenvalue weighted by atomic mass is 16.5. The van der Waals surface area contributed by atoms with Crippen molar-refractivity contribution in [3.8, 4) is 0 Å². The quantitative estimate of drug-likeness (QED) is 0.426. The molecule has 18 heavy (non-hydrogen) atoms. The van der Waals surface area contributed by atoms with Crippen LogP contribution < -0.4 is 11.2 Å². The first-order valence-corrected chi connectivity index (χ1v) is 5.27. The fraction of sp³-hybridized carbons (Fsp3) is 0.556. The minimum absolute atomic E-state index is 0.265. The van der Waals surface area contributed by atoms with E-state index < -0.39 is 29.6 Å². The smallest absolute Gasteiger partial charge is 0.330 e. The predicted octanol–water partition coefficient (Wildman–Crippen LogP) is -0.505. The molecule has 0 aliphatic carbocycles. The Balaban J connectivity index is 2.28. The van der Waals surface area contributed by atoms with Gasteiger partial charge < -0.3 is 9.84 Å².